The lowest BCUT2D eigenvalue weighted by atomic mass is 10.1. The molecule has 0 radical (unpaired) electrons. The first-order valence-electron chi connectivity index (χ1n) is 3.89. The lowest BCUT2D eigenvalue weighted by Crippen LogP contribution is -2.41. The summed E-state index contributed by atoms with van der Waals surface area (Å²) in [5.41, 5.74) is 0. The van der Waals surface area contributed by atoms with Crippen LogP contribution in [0.2, 0.25) is 0 Å². The largest absolute Gasteiger partial charge is 0.480 e. The standard InChI is InChI=1S/C8H13NO2.ClH/c1-2-9-6-4-3-5-7(9)8(10)11;/h3,5,7H,2,4,6H2,1H3,(H,10,11);1H. The molecule has 0 aliphatic carbocycles. The Kier molecular flexibility index (Phi) is 4.93. The molecule has 0 aromatic heterocycles. The fraction of sp³-hybridized carbons (Fsp3) is 0.625. The Morgan fingerprint density at radius 2 is 2.42 bits per heavy atom. The number of aliphatic carboxylic acids is 1. The highest BCUT2D eigenvalue weighted by molar-refractivity contribution is 5.85. The van der Waals surface area contributed by atoms with Crippen LogP contribution in [0, 0.1) is 0 Å². The van der Waals surface area contributed by atoms with Crippen LogP contribution in [-0.4, -0.2) is 35.1 Å². The van der Waals surface area contributed by atoms with E-state index < -0.39 is 12.0 Å². The second-order valence-electron chi connectivity index (χ2n) is 2.63. The van der Waals surface area contributed by atoms with Crippen LogP contribution in [0.4, 0.5) is 0 Å². The van der Waals surface area contributed by atoms with E-state index in [-0.39, 0.29) is 12.4 Å². The Balaban J connectivity index is 0.00000121. The molecule has 3 nitrogen and oxygen atoms in total. The van der Waals surface area contributed by atoms with Crippen molar-refractivity contribution in [3.8, 4) is 0 Å². The third-order valence-electron chi connectivity index (χ3n) is 1.95. The second-order valence-corrected chi connectivity index (χ2v) is 2.63. The molecule has 1 rings (SSSR count). The van der Waals surface area contributed by atoms with Gasteiger partial charge in [0.1, 0.15) is 6.04 Å². The van der Waals surface area contributed by atoms with E-state index in [0.29, 0.717) is 0 Å². The molecule has 1 aliphatic rings. The monoisotopic (exact) mass is 191 g/mol. The summed E-state index contributed by atoms with van der Waals surface area (Å²) in [5, 5.41) is 8.75. The molecular weight excluding hydrogens is 178 g/mol. The van der Waals surface area contributed by atoms with Gasteiger partial charge in [-0.05, 0) is 13.0 Å². The van der Waals surface area contributed by atoms with E-state index in [1.54, 1.807) is 6.08 Å². The van der Waals surface area contributed by atoms with E-state index in [0.717, 1.165) is 19.5 Å². The number of nitrogens with zero attached hydrogens (tertiary/aromatic N) is 1. The van der Waals surface area contributed by atoms with Crippen LogP contribution < -0.4 is 0 Å². The smallest absolute Gasteiger partial charge is 0.324 e. The number of hydrogen-bond donors (Lipinski definition) is 1. The van der Waals surface area contributed by atoms with Gasteiger partial charge in [0, 0.05) is 6.54 Å². The van der Waals surface area contributed by atoms with Gasteiger partial charge in [-0.25, -0.2) is 0 Å². The minimum Gasteiger partial charge on any atom is -0.480 e. The third-order valence-corrected chi connectivity index (χ3v) is 1.95. The Bertz CT molecular complexity index is 182. The van der Waals surface area contributed by atoms with Gasteiger partial charge in [0.05, 0.1) is 0 Å². The molecule has 0 amide bonds. The van der Waals surface area contributed by atoms with Crippen LogP contribution in [0.1, 0.15) is 13.3 Å². The molecule has 0 fully saturated rings. The van der Waals surface area contributed by atoms with Crippen molar-refractivity contribution in [1.82, 2.24) is 4.90 Å². The molecule has 1 unspecified atom stereocenters. The fourth-order valence-corrected chi connectivity index (χ4v) is 1.32. The lowest BCUT2D eigenvalue weighted by Gasteiger charge is -2.27. The minimum absolute atomic E-state index is 0. The van der Waals surface area contributed by atoms with Crippen LogP contribution in [-0.2, 0) is 4.79 Å². The summed E-state index contributed by atoms with van der Waals surface area (Å²) in [4.78, 5) is 12.6. The van der Waals surface area contributed by atoms with Crippen molar-refractivity contribution >= 4 is 18.4 Å². The molecule has 1 atom stereocenters. The summed E-state index contributed by atoms with van der Waals surface area (Å²) in [7, 11) is 0. The van der Waals surface area contributed by atoms with Gasteiger partial charge in [0.15, 0.2) is 0 Å². The van der Waals surface area contributed by atoms with E-state index in [4.69, 9.17) is 5.11 Å². The predicted octanol–water partition coefficient (Wildman–Crippen LogP) is 1.14. The molecule has 0 bridgehead atoms. The third kappa shape index (κ3) is 2.50. The number of halogens is 1. The van der Waals surface area contributed by atoms with Crippen molar-refractivity contribution < 1.29 is 9.90 Å². The summed E-state index contributed by atoms with van der Waals surface area (Å²) in [6.07, 6.45) is 4.66. The molecule has 0 spiro atoms. The van der Waals surface area contributed by atoms with E-state index >= 15 is 0 Å². The number of rotatable bonds is 2. The maximum atomic E-state index is 10.6. The highest BCUT2D eigenvalue weighted by atomic mass is 35.5. The first-order valence-corrected chi connectivity index (χ1v) is 3.89. The maximum absolute atomic E-state index is 10.6. The van der Waals surface area contributed by atoms with Gasteiger partial charge in [0.25, 0.3) is 0 Å². The molecular formula is C8H14ClNO2. The van der Waals surface area contributed by atoms with Crippen molar-refractivity contribution in [1.29, 1.82) is 0 Å². The van der Waals surface area contributed by atoms with Crippen molar-refractivity contribution in [3.63, 3.8) is 0 Å². The first-order chi connectivity index (χ1) is 5.25. The van der Waals surface area contributed by atoms with E-state index in [2.05, 4.69) is 0 Å². The van der Waals surface area contributed by atoms with Gasteiger partial charge in [0.2, 0.25) is 0 Å². The van der Waals surface area contributed by atoms with Crippen LogP contribution in [0.3, 0.4) is 0 Å². The number of hydrogen-bond acceptors (Lipinski definition) is 2. The number of carboxylic acids is 1. The SMILES string of the molecule is CCN1CCC=CC1C(=O)O.Cl. The van der Waals surface area contributed by atoms with Gasteiger partial charge in [-0.15, -0.1) is 12.4 Å². The second kappa shape index (κ2) is 5.17. The van der Waals surface area contributed by atoms with E-state index in [1.165, 1.54) is 0 Å². The van der Waals surface area contributed by atoms with Crippen LogP contribution >= 0.6 is 12.4 Å². The normalized spacial score (nSPS) is 23.2. The van der Waals surface area contributed by atoms with Gasteiger partial charge in [-0.1, -0.05) is 19.1 Å². The minimum atomic E-state index is -0.747. The number of carboxylic acid groups (broad SMARTS) is 1. The zero-order valence-electron chi connectivity index (χ0n) is 7.06. The predicted molar refractivity (Wildman–Crippen MR) is 49.7 cm³/mol. The van der Waals surface area contributed by atoms with Crippen molar-refractivity contribution in [2.75, 3.05) is 13.1 Å². The van der Waals surface area contributed by atoms with Crippen LogP contribution in [0.5, 0.6) is 0 Å². The molecule has 12 heavy (non-hydrogen) atoms. The molecule has 1 N–H and O–H groups in total. The molecule has 0 aromatic rings. The van der Waals surface area contributed by atoms with Gasteiger partial charge < -0.3 is 5.11 Å². The molecule has 0 saturated heterocycles. The first kappa shape index (κ1) is 11.5. The Hall–Kier alpha value is -0.540. The molecule has 4 heteroatoms. The van der Waals surface area contributed by atoms with E-state index in [9.17, 15) is 4.79 Å². The van der Waals surface area contributed by atoms with Crippen molar-refractivity contribution in [3.05, 3.63) is 12.2 Å². The van der Waals surface area contributed by atoms with Crippen molar-refractivity contribution in [2.45, 2.75) is 19.4 Å². The summed E-state index contributed by atoms with van der Waals surface area (Å²) in [6, 6.07) is -0.395. The summed E-state index contributed by atoms with van der Waals surface area (Å²) in [5.74, 6) is -0.747. The Morgan fingerprint density at radius 3 is 2.83 bits per heavy atom. The number of likely N-dealkylation sites (N-methyl/N-ethyl adjacent to an activating group) is 1. The Labute approximate surface area is 78.5 Å². The van der Waals surface area contributed by atoms with E-state index in [1.807, 2.05) is 17.9 Å². The zero-order valence-corrected chi connectivity index (χ0v) is 7.88. The quantitative estimate of drug-likeness (QED) is 0.666. The lowest BCUT2D eigenvalue weighted by molar-refractivity contribution is -0.141. The molecule has 1 heterocycles. The van der Waals surface area contributed by atoms with Gasteiger partial charge in [-0.2, -0.15) is 0 Å². The highest BCUT2D eigenvalue weighted by Crippen LogP contribution is 2.08. The molecule has 0 saturated carbocycles. The van der Waals surface area contributed by atoms with Crippen LogP contribution in [0.15, 0.2) is 12.2 Å². The summed E-state index contributed by atoms with van der Waals surface area (Å²) < 4.78 is 0. The average molecular weight is 192 g/mol. The topological polar surface area (TPSA) is 40.5 Å². The molecule has 0 aromatic carbocycles. The average Bonchev–Trinajstić information content (AvgIpc) is 2.04. The highest BCUT2D eigenvalue weighted by Gasteiger charge is 2.22. The molecule has 1 aliphatic heterocycles. The summed E-state index contributed by atoms with van der Waals surface area (Å²) >= 11 is 0. The Morgan fingerprint density at radius 1 is 1.75 bits per heavy atom. The summed E-state index contributed by atoms with van der Waals surface area (Å²) in [6.45, 7) is 3.65. The number of carbonyl (C=O) groups is 1. The molecule has 70 valence electrons. The fourth-order valence-electron chi connectivity index (χ4n) is 1.32. The van der Waals surface area contributed by atoms with Crippen LogP contribution in [0.25, 0.3) is 0 Å². The zero-order chi connectivity index (χ0) is 8.27. The van der Waals surface area contributed by atoms with Gasteiger partial charge in [-0.3, -0.25) is 9.69 Å². The maximum Gasteiger partial charge on any atom is 0.324 e. The van der Waals surface area contributed by atoms with Crippen molar-refractivity contribution in [2.24, 2.45) is 0 Å². The van der Waals surface area contributed by atoms with Gasteiger partial charge >= 0.3 is 5.97 Å².